The first kappa shape index (κ1) is 16.9. The molecule has 0 spiro atoms. The van der Waals surface area contributed by atoms with Crippen LogP contribution in [0.15, 0.2) is 29.0 Å². The predicted molar refractivity (Wildman–Crippen MR) is 80.6 cm³/mol. The van der Waals surface area contributed by atoms with Gasteiger partial charge in [0.2, 0.25) is 21.7 Å². The second kappa shape index (κ2) is 6.17. The summed E-state index contributed by atoms with van der Waals surface area (Å²) < 4.78 is 58.0. The topological polar surface area (TPSA) is 89.2 Å². The highest BCUT2D eigenvalue weighted by atomic mass is 32.2. The van der Waals surface area contributed by atoms with Crippen LogP contribution in [0.3, 0.4) is 0 Å². The normalized spacial score (nSPS) is 21.2. The zero-order valence-electron chi connectivity index (χ0n) is 12.9. The molecule has 130 valence electrons. The van der Waals surface area contributed by atoms with Crippen LogP contribution in [0.5, 0.6) is 0 Å². The minimum Gasteiger partial charge on any atom is -0.337 e. The molecule has 24 heavy (non-hydrogen) atoms. The minimum absolute atomic E-state index is 0.134. The molecule has 3 heterocycles. The average molecular weight is 358 g/mol. The monoisotopic (exact) mass is 358 g/mol. The van der Waals surface area contributed by atoms with Gasteiger partial charge in [0.1, 0.15) is 6.04 Å². The number of alkyl halides is 2. The lowest BCUT2D eigenvalue weighted by Crippen LogP contribution is -2.34. The lowest BCUT2D eigenvalue weighted by molar-refractivity contribution is 0.0166. The zero-order chi connectivity index (χ0) is 17.4. The average Bonchev–Trinajstić information content (AvgIpc) is 3.12. The van der Waals surface area contributed by atoms with Crippen molar-refractivity contribution in [3.8, 4) is 11.4 Å². The summed E-state index contributed by atoms with van der Waals surface area (Å²) in [6.45, 7) is 0.804. The van der Waals surface area contributed by atoms with Crippen LogP contribution in [0.4, 0.5) is 8.78 Å². The van der Waals surface area contributed by atoms with E-state index in [2.05, 4.69) is 15.1 Å². The van der Waals surface area contributed by atoms with Crippen molar-refractivity contribution in [3.63, 3.8) is 0 Å². The van der Waals surface area contributed by atoms with Crippen molar-refractivity contribution in [2.24, 2.45) is 0 Å². The maximum atomic E-state index is 13.8. The van der Waals surface area contributed by atoms with Gasteiger partial charge in [0.15, 0.2) is 0 Å². The Morgan fingerprint density at radius 2 is 2.25 bits per heavy atom. The van der Waals surface area contributed by atoms with E-state index >= 15 is 0 Å². The van der Waals surface area contributed by atoms with Gasteiger partial charge in [-0.05, 0) is 18.6 Å². The highest BCUT2D eigenvalue weighted by molar-refractivity contribution is 7.89. The molecule has 1 atom stereocenters. The second-order valence-corrected chi connectivity index (χ2v) is 7.68. The molecule has 0 aliphatic carbocycles. The first-order valence-electron chi connectivity index (χ1n) is 7.44. The molecule has 0 N–H and O–H groups in total. The number of nitrogens with zero attached hydrogens (tertiary/aromatic N) is 4. The molecular weight excluding hydrogens is 342 g/mol. The fraction of sp³-hybridized carbons (Fsp3) is 0.500. The number of sulfonamides is 1. The molecule has 1 saturated heterocycles. The maximum absolute atomic E-state index is 13.8. The Morgan fingerprint density at radius 3 is 2.92 bits per heavy atom. The van der Waals surface area contributed by atoms with Crippen molar-refractivity contribution in [2.75, 3.05) is 12.3 Å². The molecule has 0 bridgehead atoms. The third-order valence-corrected chi connectivity index (χ3v) is 5.72. The summed E-state index contributed by atoms with van der Waals surface area (Å²) in [5.41, 5.74) is 0.556. The predicted octanol–water partition coefficient (Wildman–Crippen LogP) is 2.25. The standard InChI is InChI=1S/C14H16F2N4O3S/c1-2-6-24(21,22)20-9-14(15,16)7-11(20)13-18-12(19-23-13)10-4-3-5-17-8-10/h3-5,8,11H,2,6-7,9H2,1H3/t11-/m0/s1. The van der Waals surface area contributed by atoms with Crippen LogP contribution in [-0.4, -0.2) is 46.1 Å². The van der Waals surface area contributed by atoms with E-state index in [0.717, 1.165) is 4.31 Å². The third kappa shape index (κ3) is 3.29. The molecule has 1 aliphatic rings. The third-order valence-electron chi connectivity index (χ3n) is 3.69. The van der Waals surface area contributed by atoms with Crippen molar-refractivity contribution >= 4 is 10.0 Å². The molecule has 2 aromatic heterocycles. The highest BCUT2D eigenvalue weighted by Gasteiger charge is 2.52. The Morgan fingerprint density at radius 1 is 1.46 bits per heavy atom. The van der Waals surface area contributed by atoms with Crippen molar-refractivity contribution in [2.45, 2.75) is 31.7 Å². The van der Waals surface area contributed by atoms with Gasteiger partial charge in [0.25, 0.3) is 5.92 Å². The Kier molecular flexibility index (Phi) is 4.35. The fourth-order valence-electron chi connectivity index (χ4n) is 2.65. The van der Waals surface area contributed by atoms with Crippen molar-refractivity contribution < 1.29 is 21.7 Å². The number of rotatable bonds is 5. The number of pyridine rings is 1. The van der Waals surface area contributed by atoms with E-state index in [1.165, 1.54) is 6.20 Å². The smallest absolute Gasteiger partial charge is 0.263 e. The van der Waals surface area contributed by atoms with Gasteiger partial charge in [-0.1, -0.05) is 12.1 Å². The molecule has 0 aromatic carbocycles. The van der Waals surface area contributed by atoms with E-state index in [9.17, 15) is 17.2 Å². The summed E-state index contributed by atoms with van der Waals surface area (Å²) in [4.78, 5) is 8.02. The second-order valence-electron chi connectivity index (χ2n) is 5.64. The molecule has 1 aliphatic heterocycles. The zero-order valence-corrected chi connectivity index (χ0v) is 13.7. The van der Waals surface area contributed by atoms with Gasteiger partial charge in [0.05, 0.1) is 12.3 Å². The molecule has 0 saturated carbocycles. The summed E-state index contributed by atoms with van der Waals surface area (Å²) >= 11 is 0. The van der Waals surface area contributed by atoms with Crippen molar-refractivity contribution in [1.29, 1.82) is 0 Å². The van der Waals surface area contributed by atoms with Crippen LogP contribution in [0, 0.1) is 0 Å². The Hall–Kier alpha value is -1.94. The van der Waals surface area contributed by atoms with E-state index in [-0.39, 0.29) is 17.5 Å². The van der Waals surface area contributed by atoms with E-state index in [0.29, 0.717) is 12.0 Å². The molecule has 1 fully saturated rings. The Bertz CT molecular complexity index is 810. The molecule has 3 rings (SSSR count). The van der Waals surface area contributed by atoms with Gasteiger partial charge in [-0.3, -0.25) is 4.98 Å². The first-order valence-corrected chi connectivity index (χ1v) is 9.05. The van der Waals surface area contributed by atoms with Gasteiger partial charge >= 0.3 is 0 Å². The van der Waals surface area contributed by atoms with Crippen LogP contribution in [0.25, 0.3) is 11.4 Å². The number of hydrogen-bond acceptors (Lipinski definition) is 6. The van der Waals surface area contributed by atoms with Crippen LogP contribution in [0.2, 0.25) is 0 Å². The van der Waals surface area contributed by atoms with Gasteiger partial charge in [-0.25, -0.2) is 17.2 Å². The Balaban J connectivity index is 1.93. The molecule has 0 radical (unpaired) electrons. The molecular formula is C14H16F2N4O3S. The van der Waals surface area contributed by atoms with Crippen LogP contribution in [0.1, 0.15) is 31.7 Å². The number of halogens is 2. The van der Waals surface area contributed by atoms with Crippen molar-refractivity contribution in [1.82, 2.24) is 19.4 Å². The summed E-state index contributed by atoms with van der Waals surface area (Å²) in [5, 5.41) is 3.75. The first-order chi connectivity index (χ1) is 11.3. The van der Waals surface area contributed by atoms with Gasteiger partial charge < -0.3 is 4.52 Å². The van der Waals surface area contributed by atoms with E-state index in [1.54, 1.807) is 25.3 Å². The highest BCUT2D eigenvalue weighted by Crippen LogP contribution is 2.42. The molecule has 0 unspecified atom stereocenters. The molecule has 2 aromatic rings. The van der Waals surface area contributed by atoms with Gasteiger partial charge in [-0.15, -0.1) is 0 Å². The molecule has 0 amide bonds. The quantitative estimate of drug-likeness (QED) is 0.814. The maximum Gasteiger partial charge on any atom is 0.263 e. The van der Waals surface area contributed by atoms with E-state index in [1.807, 2.05) is 0 Å². The lowest BCUT2D eigenvalue weighted by atomic mass is 10.2. The number of hydrogen-bond donors (Lipinski definition) is 0. The van der Waals surface area contributed by atoms with Gasteiger partial charge in [0, 0.05) is 24.4 Å². The van der Waals surface area contributed by atoms with E-state index < -0.39 is 35.0 Å². The SMILES string of the molecule is CCCS(=O)(=O)N1CC(F)(F)C[C@H]1c1nc(-c2cccnc2)no1. The summed E-state index contributed by atoms with van der Waals surface area (Å²) in [6.07, 6.45) is 2.73. The lowest BCUT2D eigenvalue weighted by Gasteiger charge is -2.20. The molecule has 10 heteroatoms. The summed E-state index contributed by atoms with van der Waals surface area (Å²) in [6, 6.07) is 2.21. The van der Waals surface area contributed by atoms with Gasteiger partial charge in [-0.2, -0.15) is 9.29 Å². The summed E-state index contributed by atoms with van der Waals surface area (Å²) in [5.74, 6) is -3.29. The molecule has 7 nitrogen and oxygen atoms in total. The van der Waals surface area contributed by atoms with Crippen LogP contribution in [-0.2, 0) is 10.0 Å². The Labute approximate surface area is 137 Å². The van der Waals surface area contributed by atoms with Crippen molar-refractivity contribution in [3.05, 3.63) is 30.4 Å². The minimum atomic E-state index is -3.82. The van der Waals surface area contributed by atoms with Crippen LogP contribution >= 0.6 is 0 Å². The van der Waals surface area contributed by atoms with Crippen LogP contribution < -0.4 is 0 Å². The number of aromatic nitrogens is 3. The summed E-state index contributed by atoms with van der Waals surface area (Å²) in [7, 11) is -3.82. The fourth-order valence-corrected chi connectivity index (χ4v) is 4.34. The largest absolute Gasteiger partial charge is 0.337 e. The van der Waals surface area contributed by atoms with E-state index in [4.69, 9.17) is 4.52 Å².